The molecule has 0 saturated heterocycles. The minimum atomic E-state index is 0.0703. The fourth-order valence-electron chi connectivity index (χ4n) is 4.95. The summed E-state index contributed by atoms with van der Waals surface area (Å²) in [6.45, 7) is 13.8. The van der Waals surface area contributed by atoms with Gasteiger partial charge < -0.3 is 0 Å². The van der Waals surface area contributed by atoms with Gasteiger partial charge in [0.05, 0.1) is 5.56 Å². The molecule has 2 aromatic heterocycles. The van der Waals surface area contributed by atoms with Crippen LogP contribution in [-0.2, 0) is 12.5 Å². The molecule has 0 aliphatic heterocycles. The van der Waals surface area contributed by atoms with E-state index in [-0.39, 0.29) is 5.41 Å². The Balaban J connectivity index is 1.90. The van der Waals surface area contributed by atoms with Crippen molar-refractivity contribution in [2.24, 2.45) is 7.05 Å². The van der Waals surface area contributed by atoms with E-state index in [2.05, 4.69) is 114 Å². The van der Waals surface area contributed by atoms with Crippen molar-refractivity contribution in [1.82, 2.24) is 0 Å². The summed E-state index contributed by atoms with van der Waals surface area (Å²) < 4.78 is 5.07. The standard InChI is InChI=1S/C30H32NS/c1-18(2)20-12-13-23-24-14-15-31(7)28(29(24)32-27(23)16-20)25-17-26(30(4,5)6)22-11-9-8-10-21(22)19(25)3/h8-18H,1-7H3/q+1. The van der Waals surface area contributed by atoms with Crippen LogP contribution in [0.15, 0.2) is 60.8 Å². The number of rotatable bonds is 2. The van der Waals surface area contributed by atoms with Gasteiger partial charge in [0.2, 0.25) is 5.69 Å². The van der Waals surface area contributed by atoms with E-state index in [0.717, 1.165) is 0 Å². The Bertz CT molecular complexity index is 1500. The van der Waals surface area contributed by atoms with Gasteiger partial charge in [-0.2, -0.15) is 4.57 Å². The summed E-state index contributed by atoms with van der Waals surface area (Å²) in [6.07, 6.45) is 2.23. The van der Waals surface area contributed by atoms with Crippen molar-refractivity contribution in [2.45, 2.75) is 52.9 Å². The lowest BCUT2D eigenvalue weighted by atomic mass is 9.80. The van der Waals surface area contributed by atoms with Gasteiger partial charge in [-0.3, -0.25) is 0 Å². The highest BCUT2D eigenvalue weighted by molar-refractivity contribution is 7.26. The van der Waals surface area contributed by atoms with E-state index < -0.39 is 0 Å². The van der Waals surface area contributed by atoms with E-state index in [1.54, 1.807) is 0 Å². The van der Waals surface area contributed by atoms with E-state index in [4.69, 9.17) is 0 Å². The molecule has 5 rings (SSSR count). The van der Waals surface area contributed by atoms with Gasteiger partial charge in [0, 0.05) is 21.5 Å². The van der Waals surface area contributed by atoms with Crippen molar-refractivity contribution in [1.29, 1.82) is 0 Å². The van der Waals surface area contributed by atoms with E-state index >= 15 is 0 Å². The number of aromatic nitrogens is 1. The van der Waals surface area contributed by atoms with Crippen LogP contribution in [0, 0.1) is 6.92 Å². The average Bonchev–Trinajstić information content (AvgIpc) is 3.11. The molecule has 2 heterocycles. The van der Waals surface area contributed by atoms with Gasteiger partial charge in [-0.25, -0.2) is 0 Å². The zero-order valence-electron chi connectivity index (χ0n) is 20.2. The predicted octanol–water partition coefficient (Wildman–Crippen LogP) is 8.43. The Morgan fingerprint density at radius 3 is 2.25 bits per heavy atom. The lowest BCUT2D eigenvalue weighted by Crippen LogP contribution is -2.30. The van der Waals surface area contributed by atoms with Crippen molar-refractivity contribution in [3.63, 3.8) is 0 Å². The molecule has 162 valence electrons. The summed E-state index contributed by atoms with van der Waals surface area (Å²) >= 11 is 1.94. The number of fused-ring (bicyclic) bond motifs is 4. The van der Waals surface area contributed by atoms with Gasteiger partial charge in [0.15, 0.2) is 6.20 Å². The molecule has 3 aromatic carbocycles. The quantitative estimate of drug-likeness (QED) is 0.243. The summed E-state index contributed by atoms with van der Waals surface area (Å²) in [5, 5.41) is 5.45. The molecule has 1 nitrogen and oxygen atoms in total. The number of nitrogens with zero attached hydrogens (tertiary/aromatic N) is 1. The monoisotopic (exact) mass is 438 g/mol. The van der Waals surface area contributed by atoms with E-state index in [9.17, 15) is 0 Å². The van der Waals surface area contributed by atoms with E-state index in [1.165, 1.54) is 58.9 Å². The zero-order chi connectivity index (χ0) is 22.8. The number of benzene rings is 3. The highest BCUT2D eigenvalue weighted by Gasteiger charge is 2.26. The number of thiophene rings is 1. The smallest absolute Gasteiger partial charge is 0.200 e. The lowest BCUT2D eigenvalue weighted by Gasteiger charge is -2.24. The van der Waals surface area contributed by atoms with Crippen LogP contribution in [0.2, 0.25) is 0 Å². The van der Waals surface area contributed by atoms with Crippen LogP contribution in [-0.4, -0.2) is 0 Å². The second-order valence-corrected chi connectivity index (χ2v) is 11.5. The van der Waals surface area contributed by atoms with Gasteiger partial charge in [-0.05, 0) is 57.9 Å². The van der Waals surface area contributed by atoms with E-state index in [1.807, 2.05) is 11.3 Å². The molecule has 5 aromatic rings. The summed E-state index contributed by atoms with van der Waals surface area (Å²) in [5.41, 5.74) is 6.92. The number of pyridine rings is 1. The maximum absolute atomic E-state index is 2.45. The Labute approximate surface area is 195 Å². The normalized spacial score (nSPS) is 12.5. The van der Waals surface area contributed by atoms with Gasteiger partial charge in [0.1, 0.15) is 11.7 Å². The van der Waals surface area contributed by atoms with Crippen molar-refractivity contribution < 1.29 is 4.57 Å². The van der Waals surface area contributed by atoms with Gasteiger partial charge in [0.25, 0.3) is 0 Å². The highest BCUT2D eigenvalue weighted by atomic mass is 32.1. The molecule has 0 saturated carbocycles. The Hall–Kier alpha value is -2.71. The van der Waals surface area contributed by atoms with E-state index in [0.29, 0.717) is 5.92 Å². The molecule has 0 unspecified atom stereocenters. The molecule has 2 heteroatoms. The maximum atomic E-state index is 2.45. The molecular weight excluding hydrogens is 406 g/mol. The third-order valence-corrected chi connectivity index (χ3v) is 8.00. The molecule has 0 aliphatic carbocycles. The van der Waals surface area contributed by atoms with Crippen molar-refractivity contribution in [2.75, 3.05) is 0 Å². The predicted molar refractivity (Wildman–Crippen MR) is 141 cm³/mol. The minimum absolute atomic E-state index is 0.0703. The van der Waals surface area contributed by atoms with Crippen LogP contribution in [0.4, 0.5) is 0 Å². The first-order valence-electron chi connectivity index (χ1n) is 11.5. The average molecular weight is 439 g/mol. The summed E-state index contributed by atoms with van der Waals surface area (Å²) in [4.78, 5) is 0. The molecule has 0 aliphatic rings. The second-order valence-electron chi connectivity index (χ2n) is 10.4. The first kappa shape index (κ1) is 21.2. The first-order chi connectivity index (χ1) is 15.2. The number of hydrogen-bond acceptors (Lipinski definition) is 1. The Kier molecular flexibility index (Phi) is 4.90. The summed E-state index contributed by atoms with van der Waals surface area (Å²) in [6, 6.07) is 20.6. The Morgan fingerprint density at radius 2 is 1.56 bits per heavy atom. The fourth-order valence-corrected chi connectivity index (χ4v) is 6.30. The number of aryl methyl sites for hydroxylation is 2. The fraction of sp³-hybridized carbons (Fsp3) is 0.300. The van der Waals surface area contributed by atoms with Gasteiger partial charge in [-0.1, -0.05) is 71.0 Å². The SMILES string of the molecule is Cc1c(-c2c3sc4cc(C(C)C)ccc4c3cc[n+]2C)cc(C(C)(C)C)c2ccccc12. The van der Waals surface area contributed by atoms with Crippen LogP contribution in [0.5, 0.6) is 0 Å². The van der Waals surface area contributed by atoms with Gasteiger partial charge in [-0.15, -0.1) is 11.3 Å². The molecule has 0 atom stereocenters. The molecule has 32 heavy (non-hydrogen) atoms. The molecule has 0 N–H and O–H groups in total. The van der Waals surface area contributed by atoms with Crippen LogP contribution < -0.4 is 4.57 Å². The third kappa shape index (κ3) is 3.24. The van der Waals surface area contributed by atoms with Crippen molar-refractivity contribution >= 4 is 42.3 Å². The van der Waals surface area contributed by atoms with Crippen LogP contribution in [0.25, 0.3) is 42.2 Å². The maximum Gasteiger partial charge on any atom is 0.230 e. The minimum Gasteiger partial charge on any atom is -0.200 e. The highest BCUT2D eigenvalue weighted by Crippen LogP contribution is 2.43. The molecule has 0 bridgehead atoms. The Morgan fingerprint density at radius 1 is 0.844 bits per heavy atom. The topological polar surface area (TPSA) is 3.88 Å². The molecule has 0 spiro atoms. The van der Waals surface area contributed by atoms with Crippen LogP contribution in [0.1, 0.15) is 57.2 Å². The largest absolute Gasteiger partial charge is 0.230 e. The van der Waals surface area contributed by atoms with Crippen molar-refractivity contribution in [3.8, 4) is 11.3 Å². The second kappa shape index (κ2) is 7.42. The third-order valence-electron chi connectivity index (χ3n) is 6.83. The molecule has 0 amide bonds. The van der Waals surface area contributed by atoms with Crippen LogP contribution in [0.3, 0.4) is 0 Å². The van der Waals surface area contributed by atoms with Gasteiger partial charge >= 0.3 is 0 Å². The van der Waals surface area contributed by atoms with Crippen LogP contribution >= 0.6 is 11.3 Å². The first-order valence-corrected chi connectivity index (χ1v) is 12.4. The molecule has 0 radical (unpaired) electrons. The molecular formula is C30H32NS+. The van der Waals surface area contributed by atoms with Crippen molar-refractivity contribution in [3.05, 3.63) is 77.5 Å². The summed E-state index contributed by atoms with van der Waals surface area (Å²) in [5.74, 6) is 0.539. The molecule has 0 fully saturated rings. The lowest BCUT2D eigenvalue weighted by molar-refractivity contribution is -0.659. The summed E-state index contributed by atoms with van der Waals surface area (Å²) in [7, 11) is 2.18. The zero-order valence-corrected chi connectivity index (χ0v) is 21.0. The number of hydrogen-bond donors (Lipinski definition) is 0.